The van der Waals surface area contributed by atoms with E-state index in [1.165, 1.54) is 12.7 Å². The first-order valence-corrected chi connectivity index (χ1v) is 4.46. The Bertz CT molecular complexity index is 579. The van der Waals surface area contributed by atoms with E-state index in [1.807, 2.05) is 0 Å². The van der Waals surface area contributed by atoms with Crippen LogP contribution in [-0.2, 0) is 0 Å². The van der Waals surface area contributed by atoms with Crippen molar-refractivity contribution in [3.8, 4) is 5.69 Å². The summed E-state index contributed by atoms with van der Waals surface area (Å²) in [4.78, 5) is 24.6. The van der Waals surface area contributed by atoms with Gasteiger partial charge in [0.05, 0.1) is 16.2 Å². The van der Waals surface area contributed by atoms with Gasteiger partial charge in [0, 0.05) is 12.1 Å². The molecular weight excluding hydrogens is 228 g/mol. The molecule has 0 aliphatic carbocycles. The molecule has 0 atom stereocenters. The molecule has 1 aromatic heterocycles. The summed E-state index contributed by atoms with van der Waals surface area (Å²) in [7, 11) is 0. The molecule has 0 unspecified atom stereocenters. The van der Waals surface area contributed by atoms with E-state index < -0.39 is 10.9 Å². The minimum Gasteiger partial charge on any atom is -0.478 e. The van der Waals surface area contributed by atoms with Crippen LogP contribution < -0.4 is 0 Å². The third kappa shape index (κ3) is 1.95. The van der Waals surface area contributed by atoms with Gasteiger partial charge in [0.25, 0.3) is 5.69 Å². The highest BCUT2D eigenvalue weighted by atomic mass is 16.6. The first kappa shape index (κ1) is 10.7. The molecule has 8 heteroatoms. The Morgan fingerprint density at radius 3 is 2.76 bits per heavy atom. The molecule has 17 heavy (non-hydrogen) atoms. The van der Waals surface area contributed by atoms with E-state index in [2.05, 4.69) is 10.1 Å². The summed E-state index contributed by atoms with van der Waals surface area (Å²) in [5.74, 6) is -1.19. The highest BCUT2D eigenvalue weighted by Crippen LogP contribution is 2.20. The Morgan fingerprint density at radius 1 is 1.47 bits per heavy atom. The number of nitro benzene ring substituents is 1. The highest BCUT2D eigenvalue weighted by Gasteiger charge is 2.16. The topological polar surface area (TPSA) is 111 Å². The fourth-order valence-corrected chi connectivity index (χ4v) is 1.34. The van der Waals surface area contributed by atoms with Crippen molar-refractivity contribution in [2.24, 2.45) is 0 Å². The SMILES string of the molecule is O=C(O)c1ccc([N+](=O)[O-])cc1-n1cncn1. The van der Waals surface area contributed by atoms with Crippen molar-refractivity contribution in [2.45, 2.75) is 0 Å². The van der Waals surface area contributed by atoms with Crippen molar-refractivity contribution < 1.29 is 14.8 Å². The predicted octanol–water partition coefficient (Wildman–Crippen LogP) is 0.874. The van der Waals surface area contributed by atoms with Gasteiger partial charge in [-0.15, -0.1) is 0 Å². The van der Waals surface area contributed by atoms with Gasteiger partial charge in [-0.3, -0.25) is 10.1 Å². The molecule has 0 aliphatic heterocycles. The van der Waals surface area contributed by atoms with Gasteiger partial charge in [-0.2, -0.15) is 5.10 Å². The number of aromatic carboxylic acids is 1. The van der Waals surface area contributed by atoms with Crippen molar-refractivity contribution in [1.82, 2.24) is 14.8 Å². The van der Waals surface area contributed by atoms with Crippen LogP contribution >= 0.6 is 0 Å². The fraction of sp³-hybridized carbons (Fsp3) is 0. The number of nitrogens with zero attached hydrogens (tertiary/aromatic N) is 4. The average Bonchev–Trinajstić information content (AvgIpc) is 2.81. The van der Waals surface area contributed by atoms with Gasteiger partial charge in [0.1, 0.15) is 12.7 Å². The normalized spacial score (nSPS) is 10.1. The van der Waals surface area contributed by atoms with Crippen LogP contribution in [0, 0.1) is 10.1 Å². The Balaban J connectivity index is 2.64. The first-order chi connectivity index (χ1) is 8.09. The number of carboxylic acids is 1. The van der Waals surface area contributed by atoms with Crippen LogP contribution in [0.15, 0.2) is 30.9 Å². The standard InChI is InChI=1S/C9H6N4O4/c14-9(15)7-2-1-6(13(16)17)3-8(7)12-5-10-4-11-12/h1-5H,(H,14,15). The summed E-state index contributed by atoms with van der Waals surface area (Å²) in [6, 6.07) is 3.43. The lowest BCUT2D eigenvalue weighted by Crippen LogP contribution is -2.06. The number of non-ortho nitro benzene ring substituents is 1. The number of aromatic nitrogens is 3. The Morgan fingerprint density at radius 2 is 2.24 bits per heavy atom. The second-order valence-electron chi connectivity index (χ2n) is 3.10. The molecule has 0 fully saturated rings. The monoisotopic (exact) mass is 234 g/mol. The van der Waals surface area contributed by atoms with Crippen LogP contribution in [-0.4, -0.2) is 30.8 Å². The summed E-state index contributed by atoms with van der Waals surface area (Å²) in [6.45, 7) is 0. The second-order valence-corrected chi connectivity index (χ2v) is 3.10. The van der Waals surface area contributed by atoms with E-state index >= 15 is 0 Å². The van der Waals surface area contributed by atoms with Crippen LogP contribution in [0.25, 0.3) is 5.69 Å². The van der Waals surface area contributed by atoms with Gasteiger partial charge in [-0.25, -0.2) is 14.5 Å². The van der Waals surface area contributed by atoms with E-state index in [0.717, 1.165) is 22.9 Å². The molecule has 86 valence electrons. The molecule has 0 radical (unpaired) electrons. The molecular formula is C9H6N4O4. The van der Waals surface area contributed by atoms with Gasteiger partial charge in [-0.1, -0.05) is 0 Å². The summed E-state index contributed by atoms with van der Waals surface area (Å²) >= 11 is 0. The van der Waals surface area contributed by atoms with E-state index in [0.29, 0.717) is 0 Å². The van der Waals surface area contributed by atoms with Crippen molar-refractivity contribution in [2.75, 3.05) is 0 Å². The van der Waals surface area contributed by atoms with E-state index in [1.54, 1.807) is 0 Å². The molecule has 8 nitrogen and oxygen atoms in total. The smallest absolute Gasteiger partial charge is 0.337 e. The quantitative estimate of drug-likeness (QED) is 0.623. The molecule has 1 heterocycles. The summed E-state index contributed by atoms with van der Waals surface area (Å²) < 4.78 is 1.16. The Kier molecular flexibility index (Phi) is 2.53. The maximum Gasteiger partial charge on any atom is 0.337 e. The van der Waals surface area contributed by atoms with Crippen LogP contribution in [0.2, 0.25) is 0 Å². The minimum atomic E-state index is -1.19. The van der Waals surface area contributed by atoms with E-state index in [4.69, 9.17) is 5.11 Å². The molecule has 0 saturated carbocycles. The molecule has 1 aromatic carbocycles. The van der Waals surface area contributed by atoms with Crippen molar-refractivity contribution in [3.63, 3.8) is 0 Å². The summed E-state index contributed by atoms with van der Waals surface area (Å²) in [6.07, 6.45) is 2.48. The third-order valence-corrected chi connectivity index (χ3v) is 2.09. The number of nitro groups is 1. The molecule has 0 bridgehead atoms. The molecule has 0 spiro atoms. The second kappa shape index (κ2) is 4.00. The average molecular weight is 234 g/mol. The van der Waals surface area contributed by atoms with Crippen LogP contribution in [0.4, 0.5) is 5.69 Å². The molecule has 0 saturated heterocycles. The number of hydrogen-bond acceptors (Lipinski definition) is 5. The zero-order valence-electron chi connectivity index (χ0n) is 8.35. The number of carbonyl (C=O) groups is 1. The van der Waals surface area contributed by atoms with Gasteiger partial charge in [-0.05, 0) is 6.07 Å². The number of hydrogen-bond donors (Lipinski definition) is 1. The third-order valence-electron chi connectivity index (χ3n) is 2.09. The Labute approximate surface area is 94.3 Å². The molecule has 2 aromatic rings. The van der Waals surface area contributed by atoms with Crippen LogP contribution in [0.5, 0.6) is 0 Å². The van der Waals surface area contributed by atoms with Gasteiger partial charge in [0.15, 0.2) is 0 Å². The van der Waals surface area contributed by atoms with Crippen LogP contribution in [0.3, 0.4) is 0 Å². The molecule has 1 N–H and O–H groups in total. The molecule has 2 rings (SSSR count). The first-order valence-electron chi connectivity index (χ1n) is 4.46. The lowest BCUT2D eigenvalue weighted by molar-refractivity contribution is -0.384. The molecule has 0 aliphatic rings. The zero-order chi connectivity index (χ0) is 12.4. The van der Waals surface area contributed by atoms with Gasteiger partial charge >= 0.3 is 5.97 Å². The van der Waals surface area contributed by atoms with Crippen LogP contribution in [0.1, 0.15) is 10.4 Å². The number of benzene rings is 1. The summed E-state index contributed by atoms with van der Waals surface area (Å²) in [5.41, 5.74) is -0.189. The fourth-order valence-electron chi connectivity index (χ4n) is 1.34. The predicted molar refractivity (Wildman–Crippen MR) is 55.0 cm³/mol. The highest BCUT2D eigenvalue weighted by molar-refractivity contribution is 5.92. The lowest BCUT2D eigenvalue weighted by atomic mass is 10.1. The maximum absolute atomic E-state index is 11.0. The van der Waals surface area contributed by atoms with Crippen molar-refractivity contribution in [1.29, 1.82) is 0 Å². The van der Waals surface area contributed by atoms with Crippen molar-refractivity contribution >= 4 is 11.7 Å². The zero-order valence-corrected chi connectivity index (χ0v) is 8.35. The summed E-state index contributed by atoms with van der Waals surface area (Å²) in [5, 5.41) is 23.3. The minimum absolute atomic E-state index is 0.0823. The number of rotatable bonds is 3. The Hall–Kier alpha value is -2.77. The van der Waals surface area contributed by atoms with Gasteiger partial charge < -0.3 is 5.11 Å². The molecule has 0 amide bonds. The largest absolute Gasteiger partial charge is 0.478 e. The number of carboxylic acid groups (broad SMARTS) is 1. The van der Waals surface area contributed by atoms with Gasteiger partial charge in [0.2, 0.25) is 0 Å². The van der Waals surface area contributed by atoms with E-state index in [-0.39, 0.29) is 16.9 Å². The maximum atomic E-state index is 11.0. The lowest BCUT2D eigenvalue weighted by Gasteiger charge is -2.04. The van der Waals surface area contributed by atoms with E-state index in [9.17, 15) is 14.9 Å². The van der Waals surface area contributed by atoms with Crippen molar-refractivity contribution in [3.05, 3.63) is 46.5 Å².